The molecule has 1 aromatic carbocycles. The summed E-state index contributed by atoms with van der Waals surface area (Å²) in [6.45, 7) is 3.99. The van der Waals surface area contributed by atoms with E-state index >= 15 is 0 Å². The van der Waals surface area contributed by atoms with E-state index in [0.29, 0.717) is 10.7 Å². The summed E-state index contributed by atoms with van der Waals surface area (Å²) in [5, 5.41) is 24.1. The van der Waals surface area contributed by atoms with Gasteiger partial charge < -0.3 is 10.4 Å². The van der Waals surface area contributed by atoms with Crippen molar-refractivity contribution in [1.82, 2.24) is 15.5 Å². The van der Waals surface area contributed by atoms with E-state index in [1.807, 2.05) is 13.8 Å². The minimum absolute atomic E-state index is 0.00725. The van der Waals surface area contributed by atoms with Crippen molar-refractivity contribution < 1.29 is 14.3 Å². The second kappa shape index (κ2) is 7.28. The molecule has 6 nitrogen and oxygen atoms in total. The molecule has 2 amide bonds. The van der Waals surface area contributed by atoms with Gasteiger partial charge in [-0.15, -0.1) is 10.2 Å². The molecular formula is C14H17FN4O2S. The zero-order valence-corrected chi connectivity index (χ0v) is 13.0. The number of hydrogen-bond acceptors (Lipinski definition) is 5. The van der Waals surface area contributed by atoms with Crippen LogP contribution in [-0.2, 0) is 0 Å². The van der Waals surface area contributed by atoms with E-state index in [1.54, 1.807) is 0 Å². The number of aliphatic hydroxyl groups is 1. The molecule has 0 aliphatic rings. The number of benzene rings is 1. The van der Waals surface area contributed by atoms with E-state index in [2.05, 4.69) is 20.8 Å². The third-order valence-corrected chi connectivity index (χ3v) is 4.00. The number of amides is 2. The van der Waals surface area contributed by atoms with Gasteiger partial charge in [-0.25, -0.2) is 9.18 Å². The maximum absolute atomic E-state index is 12.8. The van der Waals surface area contributed by atoms with Crippen molar-refractivity contribution >= 4 is 22.5 Å². The number of hydrogen-bond donors (Lipinski definition) is 3. The lowest BCUT2D eigenvalue weighted by atomic mass is 10.1. The van der Waals surface area contributed by atoms with E-state index in [1.165, 1.54) is 35.6 Å². The first-order chi connectivity index (χ1) is 10.5. The van der Waals surface area contributed by atoms with E-state index < -0.39 is 12.1 Å². The van der Waals surface area contributed by atoms with Crippen LogP contribution in [-0.4, -0.2) is 27.9 Å². The van der Waals surface area contributed by atoms with E-state index in [-0.39, 0.29) is 18.3 Å². The first kappa shape index (κ1) is 16.3. The van der Waals surface area contributed by atoms with Crippen LogP contribution in [0.3, 0.4) is 0 Å². The molecule has 0 fully saturated rings. The van der Waals surface area contributed by atoms with Crippen LogP contribution in [0.1, 0.15) is 36.4 Å². The lowest BCUT2D eigenvalue weighted by Crippen LogP contribution is -2.32. The Morgan fingerprint density at radius 3 is 2.59 bits per heavy atom. The van der Waals surface area contributed by atoms with Crippen molar-refractivity contribution in [2.45, 2.75) is 25.9 Å². The smallest absolute Gasteiger partial charge is 0.321 e. The third kappa shape index (κ3) is 4.47. The van der Waals surface area contributed by atoms with Gasteiger partial charge in [-0.2, -0.15) is 0 Å². The first-order valence-electron chi connectivity index (χ1n) is 6.77. The van der Waals surface area contributed by atoms with Gasteiger partial charge >= 0.3 is 6.03 Å². The summed E-state index contributed by atoms with van der Waals surface area (Å²) in [6.07, 6.45) is -0.910. The number of nitrogens with one attached hydrogen (secondary N) is 2. The Labute approximate surface area is 131 Å². The fraction of sp³-hybridized carbons (Fsp3) is 0.357. The highest BCUT2D eigenvalue weighted by molar-refractivity contribution is 7.15. The number of aliphatic hydroxyl groups excluding tert-OH is 1. The Bertz CT molecular complexity index is 630. The SMILES string of the molecule is CC(C)c1nnc(NC(=O)NC[C@H](O)c2ccc(F)cc2)s1. The summed E-state index contributed by atoms with van der Waals surface area (Å²) in [5.41, 5.74) is 0.528. The maximum atomic E-state index is 12.8. The number of aromatic nitrogens is 2. The van der Waals surface area contributed by atoms with Crippen molar-refractivity contribution in [3.05, 3.63) is 40.7 Å². The number of carbonyl (C=O) groups is 1. The number of rotatable bonds is 5. The second-order valence-electron chi connectivity index (χ2n) is 5.00. The summed E-state index contributed by atoms with van der Waals surface area (Å²) in [5.74, 6) is -0.129. The normalized spacial score (nSPS) is 12.2. The predicted octanol–water partition coefficient (Wildman–Crippen LogP) is 2.66. The molecule has 0 radical (unpaired) electrons. The van der Waals surface area contributed by atoms with Crippen LogP contribution < -0.4 is 10.6 Å². The van der Waals surface area contributed by atoms with Gasteiger partial charge in [0, 0.05) is 12.5 Å². The molecular weight excluding hydrogens is 307 g/mol. The highest BCUT2D eigenvalue weighted by Crippen LogP contribution is 2.22. The minimum atomic E-state index is -0.910. The largest absolute Gasteiger partial charge is 0.387 e. The molecule has 3 N–H and O–H groups in total. The van der Waals surface area contributed by atoms with Gasteiger partial charge in [0.25, 0.3) is 0 Å². The Balaban J connectivity index is 1.83. The van der Waals surface area contributed by atoms with Crippen LogP contribution in [0.2, 0.25) is 0 Å². The minimum Gasteiger partial charge on any atom is -0.387 e. The maximum Gasteiger partial charge on any atom is 0.321 e. The average Bonchev–Trinajstić information content (AvgIpc) is 2.94. The molecule has 1 heterocycles. The molecule has 0 unspecified atom stereocenters. The van der Waals surface area contributed by atoms with Gasteiger partial charge in [0.2, 0.25) is 5.13 Å². The standard InChI is InChI=1S/C14H17FN4O2S/c1-8(2)12-18-19-14(22-12)17-13(21)16-7-11(20)9-3-5-10(15)6-4-9/h3-6,8,11,20H,7H2,1-2H3,(H2,16,17,19,21)/t11-/m0/s1. The predicted molar refractivity (Wildman–Crippen MR) is 82.4 cm³/mol. The summed E-state index contributed by atoms with van der Waals surface area (Å²) >= 11 is 1.30. The summed E-state index contributed by atoms with van der Waals surface area (Å²) < 4.78 is 12.8. The van der Waals surface area contributed by atoms with Gasteiger partial charge in [0.1, 0.15) is 10.8 Å². The third-order valence-electron chi connectivity index (χ3n) is 2.87. The Hall–Kier alpha value is -2.06. The molecule has 8 heteroatoms. The monoisotopic (exact) mass is 324 g/mol. The highest BCUT2D eigenvalue weighted by Gasteiger charge is 2.12. The number of halogens is 1. The van der Waals surface area contributed by atoms with Crippen molar-refractivity contribution in [2.24, 2.45) is 0 Å². The lowest BCUT2D eigenvalue weighted by Gasteiger charge is -2.12. The van der Waals surface area contributed by atoms with E-state index in [9.17, 15) is 14.3 Å². The van der Waals surface area contributed by atoms with Crippen molar-refractivity contribution in [3.63, 3.8) is 0 Å². The van der Waals surface area contributed by atoms with Crippen LogP contribution in [0, 0.1) is 5.82 Å². The summed E-state index contributed by atoms with van der Waals surface area (Å²) in [6, 6.07) is 4.98. The van der Waals surface area contributed by atoms with E-state index in [0.717, 1.165) is 5.01 Å². The van der Waals surface area contributed by atoms with Crippen molar-refractivity contribution in [2.75, 3.05) is 11.9 Å². The molecule has 0 spiro atoms. The Morgan fingerprint density at radius 1 is 1.32 bits per heavy atom. The molecule has 0 aliphatic heterocycles. The summed E-state index contributed by atoms with van der Waals surface area (Å²) in [7, 11) is 0. The number of nitrogens with zero attached hydrogens (tertiary/aromatic N) is 2. The first-order valence-corrected chi connectivity index (χ1v) is 7.59. The molecule has 2 aromatic rings. The molecule has 0 aliphatic carbocycles. The fourth-order valence-corrected chi connectivity index (χ4v) is 2.39. The highest BCUT2D eigenvalue weighted by atomic mass is 32.1. The zero-order valence-electron chi connectivity index (χ0n) is 12.2. The molecule has 22 heavy (non-hydrogen) atoms. The van der Waals surface area contributed by atoms with Gasteiger partial charge in [-0.05, 0) is 17.7 Å². The Kier molecular flexibility index (Phi) is 5.40. The molecule has 1 atom stereocenters. The molecule has 0 saturated heterocycles. The quantitative estimate of drug-likeness (QED) is 0.789. The molecule has 1 aromatic heterocycles. The van der Waals surface area contributed by atoms with Crippen molar-refractivity contribution in [1.29, 1.82) is 0 Å². The topological polar surface area (TPSA) is 87.1 Å². The van der Waals surface area contributed by atoms with Gasteiger partial charge in [-0.3, -0.25) is 5.32 Å². The molecule has 2 rings (SSSR count). The zero-order chi connectivity index (χ0) is 16.1. The lowest BCUT2D eigenvalue weighted by molar-refractivity contribution is 0.175. The van der Waals surface area contributed by atoms with Crippen LogP contribution >= 0.6 is 11.3 Å². The van der Waals surface area contributed by atoms with Gasteiger partial charge in [0.05, 0.1) is 6.10 Å². The van der Waals surface area contributed by atoms with Gasteiger partial charge in [0.15, 0.2) is 0 Å². The average molecular weight is 324 g/mol. The van der Waals surface area contributed by atoms with Gasteiger partial charge in [-0.1, -0.05) is 37.3 Å². The van der Waals surface area contributed by atoms with Crippen LogP contribution in [0.15, 0.2) is 24.3 Å². The molecule has 118 valence electrons. The van der Waals surface area contributed by atoms with Crippen LogP contribution in [0.5, 0.6) is 0 Å². The van der Waals surface area contributed by atoms with Crippen LogP contribution in [0.25, 0.3) is 0 Å². The second-order valence-corrected chi connectivity index (χ2v) is 6.01. The fourth-order valence-electron chi connectivity index (χ4n) is 1.65. The molecule has 0 bridgehead atoms. The molecule has 0 saturated carbocycles. The summed E-state index contributed by atoms with van der Waals surface area (Å²) in [4.78, 5) is 11.7. The number of anilines is 1. The van der Waals surface area contributed by atoms with E-state index in [4.69, 9.17) is 0 Å². The van der Waals surface area contributed by atoms with Crippen LogP contribution in [0.4, 0.5) is 14.3 Å². The number of carbonyl (C=O) groups excluding carboxylic acids is 1. The Morgan fingerprint density at radius 2 is 2.00 bits per heavy atom. The number of urea groups is 1. The van der Waals surface area contributed by atoms with Crippen molar-refractivity contribution in [3.8, 4) is 0 Å².